The summed E-state index contributed by atoms with van der Waals surface area (Å²) in [5.74, 6) is 0.839. The summed E-state index contributed by atoms with van der Waals surface area (Å²) >= 11 is 0. The van der Waals surface area contributed by atoms with E-state index in [2.05, 4.69) is 19.8 Å². The molecule has 17 heavy (non-hydrogen) atoms. The Hall–Kier alpha value is -1.20. The Morgan fingerprint density at radius 1 is 1.12 bits per heavy atom. The molecule has 1 aliphatic heterocycles. The topological polar surface area (TPSA) is 52.5 Å². The molecule has 1 N–H and O–H groups in total. The van der Waals surface area contributed by atoms with Gasteiger partial charge in [-0.15, -0.1) is 0 Å². The predicted molar refractivity (Wildman–Crippen MR) is 67.2 cm³/mol. The highest BCUT2D eigenvalue weighted by Gasteiger charge is 2.18. The van der Waals surface area contributed by atoms with E-state index in [1.165, 1.54) is 0 Å². The van der Waals surface area contributed by atoms with E-state index in [4.69, 9.17) is 5.11 Å². The molecule has 5 nitrogen and oxygen atoms in total. The van der Waals surface area contributed by atoms with E-state index in [0.29, 0.717) is 0 Å². The second-order valence-corrected chi connectivity index (χ2v) is 4.50. The highest BCUT2D eigenvalue weighted by molar-refractivity contribution is 5.32. The van der Waals surface area contributed by atoms with Crippen LogP contribution >= 0.6 is 0 Å². The first-order valence-corrected chi connectivity index (χ1v) is 6.09. The number of β-amino-alcohol motifs (C(OH)–C–C–N with tert-alkyl or cyclic N) is 1. The molecule has 2 heterocycles. The van der Waals surface area contributed by atoms with Crippen molar-refractivity contribution < 1.29 is 5.11 Å². The number of hydrogen-bond acceptors (Lipinski definition) is 5. The lowest BCUT2D eigenvalue weighted by atomic mass is 10.3. The maximum Gasteiger partial charge on any atom is 0.225 e. The first-order valence-electron chi connectivity index (χ1n) is 6.09. The fourth-order valence-electron chi connectivity index (χ4n) is 2.16. The van der Waals surface area contributed by atoms with E-state index in [0.717, 1.165) is 50.1 Å². The number of piperazine rings is 1. The van der Waals surface area contributed by atoms with Crippen LogP contribution in [0.1, 0.15) is 11.4 Å². The van der Waals surface area contributed by atoms with E-state index in [-0.39, 0.29) is 6.61 Å². The highest BCUT2D eigenvalue weighted by atomic mass is 16.3. The monoisotopic (exact) mass is 236 g/mol. The molecule has 1 aromatic heterocycles. The van der Waals surface area contributed by atoms with Gasteiger partial charge >= 0.3 is 0 Å². The largest absolute Gasteiger partial charge is 0.395 e. The van der Waals surface area contributed by atoms with Crippen LogP contribution in [0.2, 0.25) is 0 Å². The smallest absolute Gasteiger partial charge is 0.225 e. The van der Waals surface area contributed by atoms with Crippen molar-refractivity contribution in [2.24, 2.45) is 0 Å². The Morgan fingerprint density at radius 3 is 2.24 bits per heavy atom. The van der Waals surface area contributed by atoms with Crippen molar-refractivity contribution in [1.82, 2.24) is 14.9 Å². The quantitative estimate of drug-likeness (QED) is 0.813. The van der Waals surface area contributed by atoms with Gasteiger partial charge < -0.3 is 10.0 Å². The Kier molecular flexibility index (Phi) is 3.91. The van der Waals surface area contributed by atoms with Gasteiger partial charge in [0.2, 0.25) is 5.95 Å². The van der Waals surface area contributed by atoms with Crippen LogP contribution < -0.4 is 4.90 Å². The third-order valence-electron chi connectivity index (χ3n) is 3.04. The lowest BCUT2D eigenvalue weighted by Gasteiger charge is -2.34. The molecule has 0 aromatic carbocycles. The maximum atomic E-state index is 8.89. The summed E-state index contributed by atoms with van der Waals surface area (Å²) in [5.41, 5.74) is 2.04. The van der Waals surface area contributed by atoms with E-state index in [1.54, 1.807) is 0 Å². The van der Waals surface area contributed by atoms with Crippen molar-refractivity contribution in [3.63, 3.8) is 0 Å². The van der Waals surface area contributed by atoms with Gasteiger partial charge in [-0.05, 0) is 19.9 Å². The normalized spacial score (nSPS) is 17.5. The third-order valence-corrected chi connectivity index (χ3v) is 3.04. The Labute approximate surface area is 102 Å². The van der Waals surface area contributed by atoms with Crippen molar-refractivity contribution in [1.29, 1.82) is 0 Å². The lowest BCUT2D eigenvalue weighted by molar-refractivity contribution is 0.188. The average Bonchev–Trinajstić information content (AvgIpc) is 2.29. The summed E-state index contributed by atoms with van der Waals surface area (Å²) in [6.07, 6.45) is 0. The van der Waals surface area contributed by atoms with Crippen LogP contribution in [0.5, 0.6) is 0 Å². The van der Waals surface area contributed by atoms with Gasteiger partial charge in [-0.1, -0.05) is 0 Å². The van der Waals surface area contributed by atoms with Crippen molar-refractivity contribution in [3.05, 3.63) is 17.5 Å². The molecule has 1 fully saturated rings. The van der Waals surface area contributed by atoms with Crippen molar-refractivity contribution in [2.75, 3.05) is 44.2 Å². The number of nitrogens with zero attached hydrogens (tertiary/aromatic N) is 4. The summed E-state index contributed by atoms with van der Waals surface area (Å²) in [4.78, 5) is 13.4. The lowest BCUT2D eigenvalue weighted by Crippen LogP contribution is -2.47. The van der Waals surface area contributed by atoms with E-state index in [1.807, 2.05) is 19.9 Å². The number of aromatic nitrogens is 2. The molecule has 94 valence electrons. The van der Waals surface area contributed by atoms with Gasteiger partial charge in [-0.2, -0.15) is 0 Å². The van der Waals surface area contributed by atoms with Crippen LogP contribution in [0, 0.1) is 13.8 Å². The zero-order valence-corrected chi connectivity index (χ0v) is 10.6. The van der Waals surface area contributed by atoms with Crippen LogP contribution in [-0.2, 0) is 0 Å². The molecular weight excluding hydrogens is 216 g/mol. The van der Waals surface area contributed by atoms with Crippen LogP contribution in [0.15, 0.2) is 6.07 Å². The molecule has 2 rings (SSSR count). The van der Waals surface area contributed by atoms with Crippen molar-refractivity contribution >= 4 is 5.95 Å². The summed E-state index contributed by atoms with van der Waals surface area (Å²) in [6.45, 7) is 8.81. The second kappa shape index (κ2) is 5.42. The molecule has 0 atom stereocenters. The highest BCUT2D eigenvalue weighted by Crippen LogP contribution is 2.12. The molecule has 5 heteroatoms. The summed E-state index contributed by atoms with van der Waals surface area (Å²) in [6, 6.07) is 1.99. The zero-order valence-electron chi connectivity index (χ0n) is 10.6. The van der Waals surface area contributed by atoms with Crippen LogP contribution in [-0.4, -0.2) is 59.3 Å². The summed E-state index contributed by atoms with van der Waals surface area (Å²) < 4.78 is 0. The number of aliphatic hydroxyl groups excluding tert-OH is 1. The van der Waals surface area contributed by atoms with E-state index in [9.17, 15) is 0 Å². The molecule has 0 spiro atoms. The first kappa shape index (κ1) is 12.3. The summed E-state index contributed by atoms with van der Waals surface area (Å²) in [5, 5.41) is 8.89. The van der Waals surface area contributed by atoms with Crippen LogP contribution in [0.3, 0.4) is 0 Å². The molecule has 0 saturated carbocycles. The van der Waals surface area contributed by atoms with Crippen molar-refractivity contribution in [2.45, 2.75) is 13.8 Å². The number of aryl methyl sites for hydroxylation is 2. The molecule has 0 radical (unpaired) electrons. The first-order chi connectivity index (χ1) is 8.19. The minimum atomic E-state index is 0.236. The van der Waals surface area contributed by atoms with Gasteiger partial charge in [0.15, 0.2) is 0 Å². The zero-order chi connectivity index (χ0) is 12.3. The molecular formula is C12H20N4O. The Balaban J connectivity index is 2.00. The molecule has 1 aliphatic rings. The fraction of sp³-hybridized carbons (Fsp3) is 0.667. The second-order valence-electron chi connectivity index (χ2n) is 4.50. The van der Waals surface area contributed by atoms with Gasteiger partial charge in [-0.3, -0.25) is 4.90 Å². The SMILES string of the molecule is Cc1cc(C)nc(N2CCN(CCO)CC2)n1. The number of hydrogen-bond donors (Lipinski definition) is 1. The molecule has 1 saturated heterocycles. The number of aliphatic hydroxyl groups is 1. The van der Waals surface area contributed by atoms with Gasteiger partial charge in [0.25, 0.3) is 0 Å². The molecule has 0 bridgehead atoms. The van der Waals surface area contributed by atoms with E-state index < -0.39 is 0 Å². The molecule has 0 unspecified atom stereocenters. The summed E-state index contributed by atoms with van der Waals surface area (Å²) in [7, 11) is 0. The maximum absolute atomic E-state index is 8.89. The van der Waals surface area contributed by atoms with Crippen molar-refractivity contribution in [3.8, 4) is 0 Å². The number of rotatable bonds is 3. The molecule has 0 amide bonds. The van der Waals surface area contributed by atoms with Gasteiger partial charge in [0, 0.05) is 44.1 Å². The fourth-order valence-corrected chi connectivity index (χ4v) is 2.16. The third kappa shape index (κ3) is 3.14. The minimum Gasteiger partial charge on any atom is -0.395 e. The van der Waals surface area contributed by atoms with Crippen LogP contribution in [0.25, 0.3) is 0 Å². The Morgan fingerprint density at radius 2 is 1.71 bits per heavy atom. The standard InChI is InChI=1S/C12H20N4O/c1-10-9-11(2)14-12(13-10)16-5-3-15(4-6-16)7-8-17/h9,17H,3-8H2,1-2H3. The van der Waals surface area contributed by atoms with E-state index >= 15 is 0 Å². The Bertz CT molecular complexity index is 355. The predicted octanol–water partition coefficient (Wildman–Crippen LogP) is 0.208. The van der Waals surface area contributed by atoms with Crippen LogP contribution in [0.4, 0.5) is 5.95 Å². The van der Waals surface area contributed by atoms with Gasteiger partial charge in [0.05, 0.1) is 6.61 Å². The average molecular weight is 236 g/mol. The van der Waals surface area contributed by atoms with Gasteiger partial charge in [-0.25, -0.2) is 9.97 Å². The number of anilines is 1. The molecule has 1 aromatic rings. The minimum absolute atomic E-state index is 0.236. The molecule has 0 aliphatic carbocycles. The van der Waals surface area contributed by atoms with Gasteiger partial charge in [0.1, 0.15) is 0 Å².